The van der Waals surface area contributed by atoms with Crippen molar-refractivity contribution in [3.8, 4) is 0 Å². The Morgan fingerprint density at radius 3 is 2.42 bits per heavy atom. The molecule has 0 bridgehead atoms. The van der Waals surface area contributed by atoms with E-state index in [1.54, 1.807) is 6.26 Å². The number of hydrogen-bond acceptors (Lipinski definition) is 3. The van der Waals surface area contributed by atoms with E-state index in [0.29, 0.717) is 12.5 Å². The summed E-state index contributed by atoms with van der Waals surface area (Å²) in [6, 6.07) is 0. The molecule has 1 aliphatic rings. The van der Waals surface area contributed by atoms with E-state index < -0.39 is 16.3 Å². The van der Waals surface area contributed by atoms with Crippen LogP contribution in [0, 0.1) is 5.92 Å². The molecule has 1 heterocycles. The fourth-order valence-corrected chi connectivity index (χ4v) is 2.85. The van der Waals surface area contributed by atoms with E-state index in [1.165, 1.54) is 0 Å². The van der Waals surface area contributed by atoms with E-state index in [1.807, 2.05) is 25.7 Å². The lowest BCUT2D eigenvalue weighted by molar-refractivity contribution is -0.133. The lowest BCUT2D eigenvalue weighted by atomic mass is 9.99. The molecule has 19 heavy (non-hydrogen) atoms. The zero-order valence-electron chi connectivity index (χ0n) is 13.0. The van der Waals surface area contributed by atoms with Gasteiger partial charge in [0.05, 0.1) is 11.7 Å². The number of hydrogen-bond donors (Lipinski definition) is 1. The van der Waals surface area contributed by atoms with Crippen molar-refractivity contribution in [1.29, 1.82) is 0 Å². The number of nitrogens with zero attached hydrogens (tertiary/aromatic N) is 1. The average Bonchev–Trinajstić information content (AvgIpc) is 2.60. The predicted molar refractivity (Wildman–Crippen MR) is 80.3 cm³/mol. The Hall–Kier alpha value is -0.420. The van der Waals surface area contributed by atoms with Crippen molar-refractivity contribution in [3.63, 3.8) is 0 Å². The molecule has 0 aliphatic carbocycles. The number of nitrogens with one attached hydrogen (secondary N) is 1. The highest BCUT2D eigenvalue weighted by molar-refractivity contribution is 7.84. The summed E-state index contributed by atoms with van der Waals surface area (Å²) in [5, 5.41) is 3.60. The van der Waals surface area contributed by atoms with Gasteiger partial charge in [0, 0.05) is 28.9 Å². The Morgan fingerprint density at radius 2 is 2.00 bits per heavy atom. The Morgan fingerprint density at radius 1 is 1.42 bits per heavy atom. The van der Waals surface area contributed by atoms with Gasteiger partial charge < -0.3 is 4.90 Å². The molecule has 0 aromatic rings. The molecule has 0 radical (unpaired) electrons. The molecule has 5 heteroatoms. The molecule has 0 aromatic carbocycles. The molecule has 0 spiro atoms. The summed E-state index contributed by atoms with van der Waals surface area (Å²) < 4.78 is 11.4. The Kier molecular flexibility index (Phi) is 5.56. The second-order valence-electron chi connectivity index (χ2n) is 6.12. The van der Waals surface area contributed by atoms with Crippen LogP contribution in [0.25, 0.3) is 0 Å². The summed E-state index contributed by atoms with van der Waals surface area (Å²) in [4.78, 5) is 14.5. The van der Waals surface area contributed by atoms with Crippen molar-refractivity contribution in [2.24, 2.45) is 5.92 Å². The highest BCUT2D eigenvalue weighted by Gasteiger charge is 2.47. The monoisotopic (exact) mass is 288 g/mol. The first-order chi connectivity index (χ1) is 8.73. The molecule has 4 unspecified atom stereocenters. The molecule has 1 amide bonds. The fourth-order valence-electron chi connectivity index (χ4n) is 2.42. The number of amides is 1. The summed E-state index contributed by atoms with van der Waals surface area (Å²) in [6.45, 7) is 10.9. The molecule has 0 saturated carbocycles. The maximum absolute atomic E-state index is 12.5. The van der Waals surface area contributed by atoms with Gasteiger partial charge in [-0.25, -0.2) is 0 Å². The lowest BCUT2D eigenvalue weighted by Gasteiger charge is -2.27. The third kappa shape index (κ3) is 3.57. The highest BCUT2D eigenvalue weighted by atomic mass is 32.2. The van der Waals surface area contributed by atoms with E-state index in [0.717, 1.165) is 12.8 Å². The molecule has 1 N–H and O–H groups in total. The summed E-state index contributed by atoms with van der Waals surface area (Å²) in [6.07, 6.45) is 3.40. The molecule has 1 aliphatic heterocycles. The topological polar surface area (TPSA) is 49.4 Å². The van der Waals surface area contributed by atoms with Crippen LogP contribution < -0.4 is 5.32 Å². The van der Waals surface area contributed by atoms with E-state index in [2.05, 4.69) is 19.2 Å². The Balaban J connectivity index is 2.78. The zero-order valence-corrected chi connectivity index (χ0v) is 13.8. The molecule has 1 rings (SSSR count). The maximum Gasteiger partial charge on any atom is 0.243 e. The standard InChI is InChI=1S/C14H28N2O2S/c1-7-14(5)13(17)16(12(15-14)10(2)3)9-8-11(4)19(6)18/h10-12,15H,7-9H2,1-6H3. The normalized spacial score (nSPS) is 31.0. The van der Waals surface area contributed by atoms with Gasteiger partial charge in [-0.2, -0.15) is 0 Å². The van der Waals surface area contributed by atoms with Crippen LogP contribution in [0.3, 0.4) is 0 Å². The fraction of sp³-hybridized carbons (Fsp3) is 0.929. The summed E-state index contributed by atoms with van der Waals surface area (Å²) in [5.41, 5.74) is -0.441. The van der Waals surface area contributed by atoms with Crippen LogP contribution in [0.4, 0.5) is 0 Å². The van der Waals surface area contributed by atoms with Crippen LogP contribution in [0.5, 0.6) is 0 Å². The first-order valence-corrected chi connectivity index (χ1v) is 8.76. The van der Waals surface area contributed by atoms with Gasteiger partial charge in [0.15, 0.2) is 0 Å². The first kappa shape index (κ1) is 16.6. The van der Waals surface area contributed by atoms with Crippen molar-refractivity contribution in [3.05, 3.63) is 0 Å². The number of rotatable bonds is 6. The minimum atomic E-state index is -0.823. The molecule has 1 fully saturated rings. The van der Waals surface area contributed by atoms with Gasteiger partial charge in [0.1, 0.15) is 0 Å². The Bertz CT molecular complexity index is 359. The van der Waals surface area contributed by atoms with Gasteiger partial charge in [0.2, 0.25) is 5.91 Å². The van der Waals surface area contributed by atoms with Gasteiger partial charge in [-0.1, -0.05) is 27.7 Å². The van der Waals surface area contributed by atoms with Crippen molar-refractivity contribution in [2.75, 3.05) is 12.8 Å². The van der Waals surface area contributed by atoms with E-state index in [-0.39, 0.29) is 17.3 Å². The van der Waals surface area contributed by atoms with E-state index >= 15 is 0 Å². The minimum Gasteiger partial charge on any atom is -0.325 e. The van der Waals surface area contributed by atoms with Crippen LogP contribution in [0.15, 0.2) is 0 Å². The highest BCUT2D eigenvalue weighted by Crippen LogP contribution is 2.27. The van der Waals surface area contributed by atoms with Crippen LogP contribution in [0.2, 0.25) is 0 Å². The van der Waals surface area contributed by atoms with E-state index in [4.69, 9.17) is 0 Å². The zero-order chi connectivity index (χ0) is 14.8. The van der Waals surface area contributed by atoms with Crippen LogP contribution >= 0.6 is 0 Å². The molecular formula is C14H28N2O2S. The number of carbonyl (C=O) groups is 1. The third-order valence-electron chi connectivity index (χ3n) is 4.22. The summed E-state index contributed by atoms with van der Waals surface area (Å²) in [7, 11) is -0.823. The van der Waals surface area contributed by atoms with Crippen molar-refractivity contribution in [2.45, 2.75) is 64.4 Å². The van der Waals surface area contributed by atoms with Crippen LogP contribution in [0.1, 0.15) is 47.5 Å². The van der Waals surface area contributed by atoms with Crippen LogP contribution in [-0.2, 0) is 15.6 Å². The molecule has 1 saturated heterocycles. The lowest BCUT2D eigenvalue weighted by Crippen LogP contribution is -2.45. The quantitative estimate of drug-likeness (QED) is 0.810. The van der Waals surface area contributed by atoms with Gasteiger partial charge in [-0.3, -0.25) is 14.3 Å². The third-order valence-corrected chi connectivity index (χ3v) is 5.59. The second kappa shape index (κ2) is 6.35. The van der Waals surface area contributed by atoms with Gasteiger partial charge >= 0.3 is 0 Å². The summed E-state index contributed by atoms with van der Waals surface area (Å²) in [5.74, 6) is 0.558. The van der Waals surface area contributed by atoms with Crippen molar-refractivity contribution >= 4 is 16.7 Å². The molecular weight excluding hydrogens is 260 g/mol. The second-order valence-corrected chi connectivity index (χ2v) is 7.92. The first-order valence-electron chi connectivity index (χ1n) is 7.14. The predicted octanol–water partition coefficient (Wildman–Crippen LogP) is 1.73. The van der Waals surface area contributed by atoms with E-state index in [9.17, 15) is 9.00 Å². The van der Waals surface area contributed by atoms with Crippen molar-refractivity contribution < 1.29 is 9.00 Å². The molecule has 0 aromatic heterocycles. The molecule has 112 valence electrons. The summed E-state index contributed by atoms with van der Waals surface area (Å²) >= 11 is 0. The molecule has 4 atom stereocenters. The largest absolute Gasteiger partial charge is 0.325 e. The maximum atomic E-state index is 12.5. The SMILES string of the molecule is CCC1(C)NC(C(C)C)N(CCC(C)S(C)=O)C1=O. The molecule has 4 nitrogen and oxygen atoms in total. The van der Waals surface area contributed by atoms with Gasteiger partial charge in [-0.05, 0) is 25.7 Å². The number of carbonyl (C=O) groups excluding carboxylic acids is 1. The average molecular weight is 288 g/mol. The smallest absolute Gasteiger partial charge is 0.243 e. The van der Waals surface area contributed by atoms with Crippen molar-refractivity contribution in [1.82, 2.24) is 10.2 Å². The Labute approximate surface area is 119 Å². The van der Waals surface area contributed by atoms with Crippen LogP contribution in [-0.4, -0.2) is 44.8 Å². The van der Waals surface area contributed by atoms with Gasteiger partial charge in [0.25, 0.3) is 0 Å². The van der Waals surface area contributed by atoms with Gasteiger partial charge in [-0.15, -0.1) is 0 Å². The minimum absolute atomic E-state index is 0.0925.